The number of nitrogens with zero attached hydrogens (tertiary/aromatic N) is 1. The topological polar surface area (TPSA) is 72.6 Å². The van der Waals surface area contributed by atoms with Gasteiger partial charge >= 0.3 is 0 Å². The molecule has 0 saturated carbocycles. The fourth-order valence-corrected chi connectivity index (χ4v) is 3.50. The van der Waals surface area contributed by atoms with E-state index in [1.54, 1.807) is 12.1 Å². The van der Waals surface area contributed by atoms with E-state index in [0.717, 1.165) is 11.3 Å². The van der Waals surface area contributed by atoms with Crippen LogP contribution in [0.1, 0.15) is 12.5 Å². The summed E-state index contributed by atoms with van der Waals surface area (Å²) in [5, 5.41) is 0. The molecule has 0 unspecified atom stereocenters. The fourth-order valence-electron chi connectivity index (χ4n) is 2.10. The summed E-state index contributed by atoms with van der Waals surface area (Å²) in [5.74, 6) is 0.0185. The minimum absolute atomic E-state index is 0.0185. The summed E-state index contributed by atoms with van der Waals surface area (Å²) in [5.41, 5.74) is 8.11. The second-order valence-electron chi connectivity index (χ2n) is 4.22. The molecule has 5 nitrogen and oxygen atoms in total. The van der Waals surface area contributed by atoms with Gasteiger partial charge in [0.05, 0.1) is 18.0 Å². The molecule has 0 saturated heterocycles. The number of ether oxygens (including phenoxy) is 1. The number of benzene rings is 1. The molecule has 0 aliphatic carbocycles. The van der Waals surface area contributed by atoms with Crippen LogP contribution in [-0.4, -0.2) is 33.9 Å². The SMILES string of the molecule is CCOCCS(=O)(=O)N1CCc2cc(N)ccc21. The molecule has 0 fully saturated rings. The summed E-state index contributed by atoms with van der Waals surface area (Å²) >= 11 is 0. The second-order valence-corrected chi connectivity index (χ2v) is 6.24. The Kier molecular flexibility index (Phi) is 3.77. The van der Waals surface area contributed by atoms with E-state index in [9.17, 15) is 8.42 Å². The number of anilines is 2. The van der Waals surface area contributed by atoms with Crippen molar-refractivity contribution in [2.45, 2.75) is 13.3 Å². The van der Waals surface area contributed by atoms with E-state index >= 15 is 0 Å². The van der Waals surface area contributed by atoms with Crippen LogP contribution in [0.2, 0.25) is 0 Å². The molecule has 2 rings (SSSR count). The van der Waals surface area contributed by atoms with Crippen LogP contribution in [0.3, 0.4) is 0 Å². The molecule has 2 N–H and O–H groups in total. The molecule has 0 bridgehead atoms. The summed E-state index contributed by atoms with van der Waals surface area (Å²) in [4.78, 5) is 0. The lowest BCUT2D eigenvalue weighted by atomic mass is 10.1. The standard InChI is InChI=1S/C12H18N2O3S/c1-2-17-7-8-18(15,16)14-6-5-10-9-11(13)3-4-12(10)14/h3-4,9H,2,5-8,13H2,1H3. The van der Waals surface area contributed by atoms with Crippen molar-refractivity contribution in [1.29, 1.82) is 0 Å². The molecule has 1 aliphatic rings. The molecule has 18 heavy (non-hydrogen) atoms. The van der Waals surface area contributed by atoms with E-state index in [1.165, 1.54) is 4.31 Å². The van der Waals surface area contributed by atoms with Gasteiger partial charge in [0.15, 0.2) is 0 Å². The van der Waals surface area contributed by atoms with Gasteiger partial charge in [-0.15, -0.1) is 0 Å². The van der Waals surface area contributed by atoms with E-state index in [-0.39, 0.29) is 12.4 Å². The third-order valence-electron chi connectivity index (χ3n) is 2.98. The van der Waals surface area contributed by atoms with Crippen LogP contribution in [0, 0.1) is 0 Å². The molecular formula is C12H18N2O3S. The van der Waals surface area contributed by atoms with Gasteiger partial charge in [0.1, 0.15) is 0 Å². The van der Waals surface area contributed by atoms with Crippen LogP contribution < -0.4 is 10.0 Å². The number of fused-ring (bicyclic) bond motifs is 1. The number of hydrogen-bond acceptors (Lipinski definition) is 4. The van der Waals surface area contributed by atoms with Gasteiger partial charge < -0.3 is 10.5 Å². The van der Waals surface area contributed by atoms with Crippen molar-refractivity contribution in [3.8, 4) is 0 Å². The zero-order valence-electron chi connectivity index (χ0n) is 10.4. The third-order valence-corrected chi connectivity index (χ3v) is 4.72. The third kappa shape index (κ3) is 2.59. The van der Waals surface area contributed by atoms with Crippen molar-refractivity contribution >= 4 is 21.4 Å². The van der Waals surface area contributed by atoms with Crippen molar-refractivity contribution < 1.29 is 13.2 Å². The normalized spacial score (nSPS) is 14.8. The molecule has 1 aliphatic heterocycles. The first-order chi connectivity index (χ1) is 8.54. The van der Waals surface area contributed by atoms with Crippen molar-refractivity contribution in [3.63, 3.8) is 0 Å². The number of rotatable bonds is 5. The van der Waals surface area contributed by atoms with Crippen LogP contribution >= 0.6 is 0 Å². The molecule has 100 valence electrons. The highest BCUT2D eigenvalue weighted by Gasteiger charge is 2.28. The Hall–Kier alpha value is -1.27. The Labute approximate surface area is 108 Å². The maximum Gasteiger partial charge on any atom is 0.237 e. The highest BCUT2D eigenvalue weighted by Crippen LogP contribution is 2.31. The lowest BCUT2D eigenvalue weighted by molar-refractivity contribution is 0.163. The monoisotopic (exact) mass is 270 g/mol. The van der Waals surface area contributed by atoms with Gasteiger partial charge in [-0.2, -0.15) is 0 Å². The summed E-state index contributed by atoms with van der Waals surface area (Å²) in [6.45, 7) is 3.11. The van der Waals surface area contributed by atoms with E-state index < -0.39 is 10.0 Å². The van der Waals surface area contributed by atoms with Gasteiger partial charge in [0, 0.05) is 18.8 Å². The molecular weight excluding hydrogens is 252 g/mol. The quantitative estimate of drug-likeness (QED) is 0.640. The van der Waals surface area contributed by atoms with Crippen molar-refractivity contribution in [3.05, 3.63) is 23.8 Å². The van der Waals surface area contributed by atoms with Gasteiger partial charge in [0.2, 0.25) is 10.0 Å². The van der Waals surface area contributed by atoms with Crippen molar-refractivity contribution in [2.24, 2.45) is 0 Å². The van der Waals surface area contributed by atoms with Crippen molar-refractivity contribution in [1.82, 2.24) is 0 Å². The Bertz CT molecular complexity index is 528. The highest BCUT2D eigenvalue weighted by molar-refractivity contribution is 7.92. The molecule has 6 heteroatoms. The first-order valence-corrected chi connectivity index (χ1v) is 7.62. The number of sulfonamides is 1. The Morgan fingerprint density at radius 2 is 2.22 bits per heavy atom. The minimum atomic E-state index is -3.29. The van der Waals surface area contributed by atoms with Crippen LogP contribution in [0.4, 0.5) is 11.4 Å². The van der Waals surface area contributed by atoms with E-state index in [0.29, 0.717) is 25.3 Å². The minimum Gasteiger partial charge on any atom is -0.399 e. The highest BCUT2D eigenvalue weighted by atomic mass is 32.2. The summed E-state index contributed by atoms with van der Waals surface area (Å²) in [6, 6.07) is 5.35. The van der Waals surface area contributed by atoms with Gasteiger partial charge in [-0.1, -0.05) is 0 Å². The van der Waals surface area contributed by atoms with E-state index in [1.807, 2.05) is 13.0 Å². The molecule has 1 heterocycles. The zero-order chi connectivity index (χ0) is 13.2. The molecule has 0 spiro atoms. The largest absolute Gasteiger partial charge is 0.399 e. The molecule has 0 atom stereocenters. The predicted octanol–water partition coefficient (Wildman–Crippen LogP) is 0.998. The molecule has 0 aromatic heterocycles. The summed E-state index contributed by atoms with van der Waals surface area (Å²) < 4.78 is 30.9. The smallest absolute Gasteiger partial charge is 0.237 e. The number of nitrogen functional groups attached to an aromatic ring is 1. The van der Waals surface area contributed by atoms with Gasteiger partial charge in [-0.3, -0.25) is 4.31 Å². The average molecular weight is 270 g/mol. The van der Waals surface area contributed by atoms with Crippen molar-refractivity contribution in [2.75, 3.05) is 35.6 Å². The first-order valence-electron chi connectivity index (χ1n) is 6.01. The van der Waals surface area contributed by atoms with Crippen LogP contribution in [0.25, 0.3) is 0 Å². The van der Waals surface area contributed by atoms with Gasteiger partial charge in [-0.25, -0.2) is 8.42 Å². The van der Waals surface area contributed by atoms with Crippen LogP contribution in [-0.2, 0) is 21.2 Å². The Morgan fingerprint density at radius 1 is 1.44 bits per heavy atom. The van der Waals surface area contributed by atoms with Gasteiger partial charge in [0.25, 0.3) is 0 Å². The number of hydrogen-bond donors (Lipinski definition) is 1. The fraction of sp³-hybridized carbons (Fsp3) is 0.500. The lowest BCUT2D eigenvalue weighted by Gasteiger charge is -2.19. The van der Waals surface area contributed by atoms with Gasteiger partial charge in [-0.05, 0) is 37.1 Å². The average Bonchev–Trinajstić information content (AvgIpc) is 2.72. The maximum atomic E-state index is 12.2. The molecule has 0 amide bonds. The summed E-state index contributed by atoms with van der Waals surface area (Å²) in [7, 11) is -3.29. The van der Waals surface area contributed by atoms with E-state index in [2.05, 4.69) is 0 Å². The first kappa shape index (κ1) is 13.2. The van der Waals surface area contributed by atoms with Crippen LogP contribution in [0.5, 0.6) is 0 Å². The Morgan fingerprint density at radius 3 is 2.94 bits per heavy atom. The van der Waals surface area contributed by atoms with Crippen LogP contribution in [0.15, 0.2) is 18.2 Å². The maximum absolute atomic E-state index is 12.2. The predicted molar refractivity (Wildman–Crippen MR) is 72.2 cm³/mol. The Balaban J connectivity index is 2.17. The number of nitrogens with two attached hydrogens (primary N) is 1. The summed E-state index contributed by atoms with van der Waals surface area (Å²) in [6.07, 6.45) is 0.717. The lowest BCUT2D eigenvalue weighted by Crippen LogP contribution is -2.32. The zero-order valence-corrected chi connectivity index (χ0v) is 11.2. The molecule has 0 radical (unpaired) electrons. The molecule has 1 aromatic carbocycles. The molecule has 1 aromatic rings. The second kappa shape index (κ2) is 5.16. The van der Waals surface area contributed by atoms with E-state index in [4.69, 9.17) is 10.5 Å².